The Morgan fingerprint density at radius 3 is 1.38 bits per heavy atom. The lowest BCUT2D eigenvalue weighted by atomic mass is 9.91. The summed E-state index contributed by atoms with van der Waals surface area (Å²) in [5, 5.41) is 23.5. The molecule has 1 aliphatic carbocycles. The van der Waals surface area contributed by atoms with Crippen LogP contribution in [0.3, 0.4) is 0 Å². The first-order chi connectivity index (χ1) is 15.6. The zero-order valence-electron chi connectivity index (χ0n) is 17.5. The summed E-state index contributed by atoms with van der Waals surface area (Å²) < 4.78 is 10.9. The van der Waals surface area contributed by atoms with Gasteiger partial charge in [0.1, 0.15) is 11.5 Å². The Kier molecular flexibility index (Phi) is 8.05. The van der Waals surface area contributed by atoms with Crippen LogP contribution in [-0.4, -0.2) is 37.1 Å². The first-order valence-corrected chi connectivity index (χ1v) is 10.4. The molecule has 0 bridgehead atoms. The fourth-order valence-corrected chi connectivity index (χ4v) is 3.47. The summed E-state index contributed by atoms with van der Waals surface area (Å²) in [5.74, 6) is 0.679. The number of rotatable bonds is 8. The lowest BCUT2D eigenvalue weighted by Gasteiger charge is -2.29. The van der Waals surface area contributed by atoms with Crippen molar-refractivity contribution in [2.75, 3.05) is 13.2 Å². The third kappa shape index (κ3) is 7.03. The summed E-state index contributed by atoms with van der Waals surface area (Å²) in [6.07, 6.45) is 3.07. The van der Waals surface area contributed by atoms with Crippen LogP contribution >= 0.6 is 0 Å². The SMILES string of the molecule is N#Cc1ccc(OCC(=O)N[C@H]2CC[C@H](NC(=O)COc3ccc(C#N)cc3)CC2)cc1. The smallest absolute Gasteiger partial charge is 0.258 e. The zero-order valence-corrected chi connectivity index (χ0v) is 17.5. The molecule has 1 saturated carbocycles. The molecule has 1 fully saturated rings. The maximum Gasteiger partial charge on any atom is 0.258 e. The van der Waals surface area contributed by atoms with Gasteiger partial charge < -0.3 is 20.1 Å². The summed E-state index contributed by atoms with van der Waals surface area (Å²) >= 11 is 0. The number of ether oxygens (including phenoxy) is 2. The topological polar surface area (TPSA) is 124 Å². The molecule has 2 aromatic carbocycles. The standard InChI is InChI=1S/C24H24N4O4/c25-13-17-1-9-21(10-2-17)31-15-23(29)27-19-5-7-20(8-6-19)28-24(30)16-32-22-11-3-18(14-26)4-12-22/h1-4,9-12,19-20H,5-8,15-16H2,(H,27,29)(H,28,30)/t19-,20-. The molecule has 1 aliphatic rings. The van der Waals surface area contributed by atoms with Crippen molar-refractivity contribution in [3.8, 4) is 23.6 Å². The second-order valence-corrected chi connectivity index (χ2v) is 7.53. The summed E-state index contributed by atoms with van der Waals surface area (Å²) in [6, 6.07) is 17.3. The van der Waals surface area contributed by atoms with Crippen LogP contribution in [0.25, 0.3) is 0 Å². The minimum Gasteiger partial charge on any atom is -0.484 e. The number of carbonyl (C=O) groups excluding carboxylic acids is 2. The van der Waals surface area contributed by atoms with Gasteiger partial charge in [0.25, 0.3) is 11.8 Å². The van der Waals surface area contributed by atoms with Crippen LogP contribution in [0.5, 0.6) is 11.5 Å². The fourth-order valence-electron chi connectivity index (χ4n) is 3.47. The van der Waals surface area contributed by atoms with Crippen molar-refractivity contribution in [2.45, 2.75) is 37.8 Å². The Morgan fingerprint density at radius 1 is 0.719 bits per heavy atom. The number of nitriles is 2. The Bertz CT molecular complexity index is 915. The van der Waals surface area contributed by atoms with E-state index in [2.05, 4.69) is 10.6 Å². The van der Waals surface area contributed by atoms with Crippen LogP contribution in [-0.2, 0) is 9.59 Å². The highest BCUT2D eigenvalue weighted by atomic mass is 16.5. The minimum absolute atomic E-state index is 0.0510. The van der Waals surface area contributed by atoms with Crippen molar-refractivity contribution in [3.05, 3.63) is 59.7 Å². The van der Waals surface area contributed by atoms with Gasteiger partial charge in [0.2, 0.25) is 0 Å². The van der Waals surface area contributed by atoms with E-state index < -0.39 is 0 Å². The molecule has 164 valence electrons. The number of amides is 2. The highest BCUT2D eigenvalue weighted by Gasteiger charge is 2.23. The Hall–Kier alpha value is -4.04. The van der Waals surface area contributed by atoms with E-state index in [1.54, 1.807) is 48.5 Å². The average molecular weight is 432 g/mol. The molecule has 2 N–H and O–H groups in total. The van der Waals surface area contributed by atoms with Crippen LogP contribution in [0, 0.1) is 22.7 Å². The molecule has 0 heterocycles. The first kappa shape index (κ1) is 22.6. The molecule has 0 aliphatic heterocycles. The largest absolute Gasteiger partial charge is 0.484 e. The molecular weight excluding hydrogens is 408 g/mol. The fraction of sp³-hybridized carbons (Fsp3) is 0.333. The van der Waals surface area contributed by atoms with Gasteiger partial charge in [-0.1, -0.05) is 0 Å². The summed E-state index contributed by atoms with van der Waals surface area (Å²) in [4.78, 5) is 24.3. The third-order valence-electron chi connectivity index (χ3n) is 5.16. The molecule has 8 heteroatoms. The van der Waals surface area contributed by atoms with E-state index in [-0.39, 0.29) is 37.1 Å². The second-order valence-electron chi connectivity index (χ2n) is 7.53. The van der Waals surface area contributed by atoms with Crippen molar-refractivity contribution in [2.24, 2.45) is 0 Å². The number of benzene rings is 2. The first-order valence-electron chi connectivity index (χ1n) is 10.4. The van der Waals surface area contributed by atoms with Crippen LogP contribution < -0.4 is 20.1 Å². The van der Waals surface area contributed by atoms with E-state index >= 15 is 0 Å². The molecule has 2 amide bonds. The van der Waals surface area contributed by atoms with Crippen molar-refractivity contribution in [1.29, 1.82) is 10.5 Å². The van der Waals surface area contributed by atoms with Gasteiger partial charge in [-0.15, -0.1) is 0 Å². The molecular formula is C24H24N4O4. The van der Waals surface area contributed by atoms with Crippen molar-refractivity contribution in [3.63, 3.8) is 0 Å². The molecule has 8 nitrogen and oxygen atoms in total. The number of carbonyl (C=O) groups is 2. The highest BCUT2D eigenvalue weighted by molar-refractivity contribution is 5.78. The highest BCUT2D eigenvalue weighted by Crippen LogP contribution is 2.19. The number of nitrogens with one attached hydrogen (secondary N) is 2. The van der Waals surface area contributed by atoms with Gasteiger partial charge in [-0.25, -0.2) is 0 Å². The van der Waals surface area contributed by atoms with Gasteiger partial charge in [-0.05, 0) is 74.2 Å². The number of hydrogen-bond donors (Lipinski definition) is 2. The maximum absolute atomic E-state index is 12.1. The van der Waals surface area contributed by atoms with E-state index in [0.717, 1.165) is 25.7 Å². The second kappa shape index (κ2) is 11.4. The van der Waals surface area contributed by atoms with Gasteiger partial charge in [-0.3, -0.25) is 9.59 Å². The molecule has 0 spiro atoms. The normalized spacial score (nSPS) is 17.3. The molecule has 0 unspecified atom stereocenters. The Morgan fingerprint density at radius 2 is 1.06 bits per heavy atom. The quantitative estimate of drug-likeness (QED) is 0.660. The van der Waals surface area contributed by atoms with Crippen LogP contribution in [0.1, 0.15) is 36.8 Å². The molecule has 0 radical (unpaired) electrons. The minimum atomic E-state index is -0.197. The van der Waals surface area contributed by atoms with Gasteiger partial charge in [-0.2, -0.15) is 10.5 Å². The number of nitrogens with zero attached hydrogens (tertiary/aromatic N) is 2. The van der Waals surface area contributed by atoms with Gasteiger partial charge in [0.05, 0.1) is 23.3 Å². The molecule has 0 atom stereocenters. The van der Waals surface area contributed by atoms with Crippen molar-refractivity contribution < 1.29 is 19.1 Å². The zero-order chi connectivity index (χ0) is 22.8. The molecule has 3 rings (SSSR count). The van der Waals surface area contributed by atoms with Crippen LogP contribution in [0.15, 0.2) is 48.5 Å². The monoisotopic (exact) mass is 432 g/mol. The van der Waals surface area contributed by atoms with Gasteiger partial charge >= 0.3 is 0 Å². The summed E-state index contributed by atoms with van der Waals surface area (Å²) in [5.41, 5.74) is 1.07. The molecule has 0 aromatic heterocycles. The van der Waals surface area contributed by atoms with E-state index in [0.29, 0.717) is 22.6 Å². The predicted octanol–water partition coefficient (Wildman–Crippen LogP) is 2.43. The van der Waals surface area contributed by atoms with E-state index in [9.17, 15) is 9.59 Å². The van der Waals surface area contributed by atoms with E-state index in [1.165, 1.54) is 0 Å². The molecule has 32 heavy (non-hydrogen) atoms. The lowest BCUT2D eigenvalue weighted by molar-refractivity contribution is -0.125. The molecule has 2 aromatic rings. The van der Waals surface area contributed by atoms with Crippen LogP contribution in [0.2, 0.25) is 0 Å². The number of hydrogen-bond acceptors (Lipinski definition) is 6. The average Bonchev–Trinajstić information content (AvgIpc) is 2.83. The van der Waals surface area contributed by atoms with Gasteiger partial charge in [0, 0.05) is 12.1 Å². The van der Waals surface area contributed by atoms with Crippen LogP contribution in [0.4, 0.5) is 0 Å². The summed E-state index contributed by atoms with van der Waals surface area (Å²) in [7, 11) is 0. The Labute approximate surface area is 186 Å². The van der Waals surface area contributed by atoms with E-state index in [1.807, 2.05) is 12.1 Å². The van der Waals surface area contributed by atoms with E-state index in [4.69, 9.17) is 20.0 Å². The molecule has 0 saturated heterocycles. The Balaban J connectivity index is 1.31. The third-order valence-corrected chi connectivity index (χ3v) is 5.16. The van der Waals surface area contributed by atoms with Gasteiger partial charge in [0.15, 0.2) is 13.2 Å². The maximum atomic E-state index is 12.1. The lowest BCUT2D eigenvalue weighted by Crippen LogP contribution is -2.45. The predicted molar refractivity (Wildman–Crippen MR) is 116 cm³/mol. The summed E-state index contributed by atoms with van der Waals surface area (Å²) in [6.45, 7) is -0.176. The van der Waals surface area contributed by atoms with Crippen molar-refractivity contribution in [1.82, 2.24) is 10.6 Å². The van der Waals surface area contributed by atoms with Crippen molar-refractivity contribution >= 4 is 11.8 Å².